The minimum absolute atomic E-state index is 0.000140. The second-order valence-electron chi connectivity index (χ2n) is 4.90. The number of rotatable bonds is 3. The number of alkyl halides is 3. The van der Waals surface area contributed by atoms with Crippen LogP contribution in [-0.4, -0.2) is 40.2 Å². The van der Waals surface area contributed by atoms with E-state index in [1.807, 2.05) is 0 Å². The average Bonchev–Trinajstić information content (AvgIpc) is 2.76. The van der Waals surface area contributed by atoms with Gasteiger partial charge in [-0.25, -0.2) is 0 Å². The van der Waals surface area contributed by atoms with Gasteiger partial charge in [0.05, 0.1) is 10.0 Å². The Bertz CT molecular complexity index is 666. The Balaban J connectivity index is 2.11. The summed E-state index contributed by atoms with van der Waals surface area (Å²) in [6.07, 6.45) is -5.86. The number of aliphatic hydroxyl groups is 1. The van der Waals surface area contributed by atoms with Gasteiger partial charge >= 0.3 is 6.18 Å². The first-order chi connectivity index (χ1) is 10.5. The first-order valence-electron chi connectivity index (χ1n) is 6.28. The molecule has 0 spiro atoms. The van der Waals surface area contributed by atoms with E-state index >= 15 is 0 Å². The fourth-order valence-corrected chi connectivity index (χ4v) is 2.26. The second kappa shape index (κ2) is 6.18. The van der Waals surface area contributed by atoms with E-state index in [0.717, 1.165) is 0 Å². The maximum absolute atomic E-state index is 13.0. The van der Waals surface area contributed by atoms with Gasteiger partial charge in [-0.15, -0.1) is 0 Å². The molecule has 1 aromatic rings. The maximum atomic E-state index is 13.0. The summed E-state index contributed by atoms with van der Waals surface area (Å²) < 4.78 is 44.1. The summed E-state index contributed by atoms with van der Waals surface area (Å²) in [5, 5.41) is 13.7. The first kappa shape index (κ1) is 17.8. The van der Waals surface area contributed by atoms with Crippen LogP contribution in [0.5, 0.6) is 5.75 Å². The van der Waals surface area contributed by atoms with Crippen LogP contribution in [0.1, 0.15) is 13.3 Å². The molecule has 1 amide bonds. The fraction of sp³-hybridized carbons (Fsp3) is 0.385. The SMILES string of the molecule is CC1=NN(C(=O)COc2ccc(Cl)c(Cl)c2)C(O)(C(F)(F)F)C1. The van der Waals surface area contributed by atoms with Crippen molar-refractivity contribution in [3.05, 3.63) is 28.2 Å². The maximum Gasteiger partial charge on any atom is 0.438 e. The van der Waals surface area contributed by atoms with Crippen molar-refractivity contribution in [1.29, 1.82) is 0 Å². The molecule has 0 radical (unpaired) electrons. The van der Waals surface area contributed by atoms with Gasteiger partial charge in [0.2, 0.25) is 0 Å². The van der Waals surface area contributed by atoms with E-state index < -0.39 is 30.8 Å². The Labute approximate surface area is 139 Å². The lowest BCUT2D eigenvalue weighted by Gasteiger charge is -2.32. The van der Waals surface area contributed by atoms with Gasteiger partial charge in [0.15, 0.2) is 6.61 Å². The third-order valence-electron chi connectivity index (χ3n) is 3.07. The van der Waals surface area contributed by atoms with Crippen molar-refractivity contribution in [2.45, 2.75) is 25.2 Å². The van der Waals surface area contributed by atoms with Gasteiger partial charge in [-0.1, -0.05) is 23.2 Å². The number of hydrazone groups is 1. The van der Waals surface area contributed by atoms with Crippen LogP contribution in [0.15, 0.2) is 23.3 Å². The summed E-state index contributed by atoms with van der Waals surface area (Å²) in [7, 11) is 0. The van der Waals surface area contributed by atoms with E-state index in [1.165, 1.54) is 25.1 Å². The Hall–Kier alpha value is -1.51. The highest BCUT2D eigenvalue weighted by Crippen LogP contribution is 2.40. The average molecular weight is 371 g/mol. The zero-order valence-electron chi connectivity index (χ0n) is 11.7. The largest absolute Gasteiger partial charge is 0.484 e. The van der Waals surface area contributed by atoms with Crippen molar-refractivity contribution in [3.8, 4) is 5.75 Å². The Morgan fingerprint density at radius 1 is 1.43 bits per heavy atom. The van der Waals surface area contributed by atoms with Crippen molar-refractivity contribution in [2.75, 3.05) is 6.61 Å². The molecule has 0 aliphatic carbocycles. The third kappa shape index (κ3) is 3.54. The van der Waals surface area contributed by atoms with E-state index in [2.05, 4.69) is 5.10 Å². The Morgan fingerprint density at radius 3 is 2.65 bits per heavy atom. The highest BCUT2D eigenvalue weighted by molar-refractivity contribution is 6.42. The van der Waals surface area contributed by atoms with E-state index in [-0.39, 0.29) is 26.5 Å². The molecule has 1 atom stereocenters. The van der Waals surface area contributed by atoms with Crippen LogP contribution in [-0.2, 0) is 4.79 Å². The highest BCUT2D eigenvalue weighted by atomic mass is 35.5. The van der Waals surface area contributed by atoms with Gasteiger partial charge < -0.3 is 9.84 Å². The van der Waals surface area contributed by atoms with E-state index in [1.54, 1.807) is 0 Å². The van der Waals surface area contributed by atoms with Crippen molar-refractivity contribution in [3.63, 3.8) is 0 Å². The quantitative estimate of drug-likeness (QED) is 0.888. The monoisotopic (exact) mass is 370 g/mol. The normalized spacial score (nSPS) is 21.3. The molecular weight excluding hydrogens is 360 g/mol. The molecule has 1 heterocycles. The van der Waals surface area contributed by atoms with Crippen LogP contribution in [0, 0.1) is 0 Å². The number of benzene rings is 1. The van der Waals surface area contributed by atoms with Gasteiger partial charge in [-0.2, -0.15) is 23.3 Å². The molecule has 0 saturated heterocycles. The predicted molar refractivity (Wildman–Crippen MR) is 77.5 cm³/mol. The first-order valence-corrected chi connectivity index (χ1v) is 7.04. The van der Waals surface area contributed by atoms with Crippen LogP contribution >= 0.6 is 23.2 Å². The van der Waals surface area contributed by atoms with Crippen molar-refractivity contribution in [1.82, 2.24) is 5.01 Å². The van der Waals surface area contributed by atoms with Crippen LogP contribution in [0.2, 0.25) is 10.0 Å². The molecule has 1 aromatic carbocycles. The van der Waals surface area contributed by atoms with Gasteiger partial charge in [-0.05, 0) is 19.1 Å². The summed E-state index contributed by atoms with van der Waals surface area (Å²) in [6, 6.07) is 4.12. The number of carbonyl (C=O) groups excluding carboxylic acids is 1. The van der Waals surface area contributed by atoms with Gasteiger partial charge in [-0.3, -0.25) is 4.79 Å². The van der Waals surface area contributed by atoms with Crippen LogP contribution in [0.3, 0.4) is 0 Å². The summed E-state index contributed by atoms with van der Waals surface area (Å²) in [6.45, 7) is 0.525. The fourth-order valence-electron chi connectivity index (χ4n) is 1.98. The van der Waals surface area contributed by atoms with Crippen molar-refractivity contribution >= 4 is 34.8 Å². The molecule has 1 aliphatic heterocycles. The van der Waals surface area contributed by atoms with Crippen LogP contribution in [0.25, 0.3) is 0 Å². The number of halogens is 5. The van der Waals surface area contributed by atoms with Crippen LogP contribution in [0.4, 0.5) is 13.2 Å². The minimum atomic E-state index is -5.05. The zero-order chi connectivity index (χ0) is 17.4. The summed E-state index contributed by atoms with van der Waals surface area (Å²) in [5.74, 6) is -1.00. The number of carbonyl (C=O) groups is 1. The Kier molecular flexibility index (Phi) is 4.79. The molecule has 0 aromatic heterocycles. The molecule has 5 nitrogen and oxygen atoms in total. The van der Waals surface area contributed by atoms with E-state index in [9.17, 15) is 23.1 Å². The highest BCUT2D eigenvalue weighted by Gasteiger charge is 2.62. The van der Waals surface area contributed by atoms with Gasteiger partial charge in [0.25, 0.3) is 11.6 Å². The summed E-state index contributed by atoms with van der Waals surface area (Å²) >= 11 is 11.5. The molecule has 1 unspecified atom stereocenters. The standard InChI is InChI=1S/C13H11Cl2F3N2O3/c1-7-5-12(22,13(16,17)18)20(19-7)11(21)6-23-8-2-3-9(14)10(15)4-8/h2-4,22H,5-6H2,1H3. The number of hydrogen-bond acceptors (Lipinski definition) is 4. The molecule has 126 valence electrons. The number of amides is 1. The lowest BCUT2D eigenvalue weighted by atomic mass is 10.1. The molecule has 10 heteroatoms. The molecule has 0 bridgehead atoms. The van der Waals surface area contributed by atoms with Gasteiger partial charge in [0.1, 0.15) is 5.75 Å². The van der Waals surface area contributed by atoms with Crippen LogP contribution < -0.4 is 4.74 Å². The summed E-state index contributed by atoms with van der Waals surface area (Å²) in [4.78, 5) is 12.0. The molecule has 2 rings (SSSR count). The van der Waals surface area contributed by atoms with Crippen molar-refractivity contribution < 1.29 is 27.8 Å². The lowest BCUT2D eigenvalue weighted by Crippen LogP contribution is -2.57. The zero-order valence-corrected chi connectivity index (χ0v) is 13.2. The van der Waals surface area contributed by atoms with E-state index in [4.69, 9.17) is 27.9 Å². The Morgan fingerprint density at radius 2 is 2.09 bits per heavy atom. The third-order valence-corrected chi connectivity index (χ3v) is 3.81. The molecular formula is C13H11Cl2F3N2O3. The molecule has 0 fully saturated rings. The predicted octanol–water partition coefficient (Wildman–Crippen LogP) is 3.23. The van der Waals surface area contributed by atoms with Gasteiger partial charge in [0, 0.05) is 18.2 Å². The van der Waals surface area contributed by atoms with E-state index in [0.29, 0.717) is 0 Å². The number of ether oxygens (including phenoxy) is 1. The topological polar surface area (TPSA) is 62.1 Å². The number of nitrogens with zero attached hydrogens (tertiary/aromatic N) is 2. The molecule has 0 saturated carbocycles. The molecule has 1 N–H and O–H groups in total. The second-order valence-corrected chi connectivity index (χ2v) is 5.71. The summed E-state index contributed by atoms with van der Waals surface area (Å²) in [5.41, 5.74) is -3.39. The lowest BCUT2D eigenvalue weighted by molar-refractivity contribution is -0.302. The minimum Gasteiger partial charge on any atom is -0.484 e. The number of hydrogen-bond donors (Lipinski definition) is 1. The molecule has 1 aliphatic rings. The smallest absolute Gasteiger partial charge is 0.438 e. The molecule has 23 heavy (non-hydrogen) atoms. The van der Waals surface area contributed by atoms with Crippen molar-refractivity contribution in [2.24, 2.45) is 5.10 Å².